The van der Waals surface area contributed by atoms with Crippen LogP contribution >= 0.6 is 0 Å². The predicted molar refractivity (Wildman–Crippen MR) is 61.2 cm³/mol. The second-order valence-electron chi connectivity index (χ2n) is 3.84. The van der Waals surface area contributed by atoms with E-state index in [9.17, 15) is 4.79 Å². The van der Waals surface area contributed by atoms with Gasteiger partial charge in [-0.2, -0.15) is 5.10 Å². The molecule has 0 aliphatic rings. The van der Waals surface area contributed by atoms with E-state index >= 15 is 0 Å². The van der Waals surface area contributed by atoms with Crippen LogP contribution in [-0.2, 0) is 7.05 Å². The molecule has 1 aromatic heterocycles. The average molecular weight is 225 g/mol. The molecule has 5 heteroatoms. The first-order chi connectivity index (χ1) is 7.65. The Labute approximate surface area is 95.5 Å². The van der Waals surface area contributed by atoms with Gasteiger partial charge < -0.3 is 10.4 Å². The standard InChI is InChI=1S/C11H19N3O2/c1-9-10(8-14(2)13-9)11(16)12-6-4-3-5-7-15/h8,15H,3-7H2,1-2H3,(H,12,16). The molecule has 90 valence electrons. The maximum atomic E-state index is 11.7. The summed E-state index contributed by atoms with van der Waals surface area (Å²) in [4.78, 5) is 11.7. The van der Waals surface area contributed by atoms with Crippen LogP contribution in [-0.4, -0.2) is 33.9 Å². The molecule has 0 spiro atoms. The minimum Gasteiger partial charge on any atom is -0.396 e. The number of carbonyl (C=O) groups excluding carboxylic acids is 1. The highest BCUT2D eigenvalue weighted by Gasteiger charge is 2.11. The number of rotatable bonds is 6. The number of aryl methyl sites for hydroxylation is 2. The molecule has 0 atom stereocenters. The van der Waals surface area contributed by atoms with Gasteiger partial charge >= 0.3 is 0 Å². The van der Waals surface area contributed by atoms with Crippen molar-refractivity contribution < 1.29 is 9.90 Å². The molecule has 2 N–H and O–H groups in total. The molecule has 0 aliphatic carbocycles. The Balaban J connectivity index is 2.33. The average Bonchev–Trinajstić information content (AvgIpc) is 2.57. The molecule has 0 aliphatic heterocycles. The molecule has 0 bridgehead atoms. The van der Waals surface area contributed by atoms with Gasteiger partial charge in [0.1, 0.15) is 0 Å². The third-order valence-electron chi connectivity index (χ3n) is 2.38. The number of amides is 1. The highest BCUT2D eigenvalue weighted by atomic mass is 16.2. The lowest BCUT2D eigenvalue weighted by Gasteiger charge is -2.03. The molecule has 1 amide bonds. The molecule has 1 rings (SSSR count). The van der Waals surface area contributed by atoms with Gasteiger partial charge in [-0.25, -0.2) is 0 Å². The largest absolute Gasteiger partial charge is 0.396 e. The van der Waals surface area contributed by atoms with E-state index in [2.05, 4.69) is 10.4 Å². The number of carbonyl (C=O) groups is 1. The second-order valence-corrected chi connectivity index (χ2v) is 3.84. The Morgan fingerprint density at radius 2 is 2.25 bits per heavy atom. The van der Waals surface area contributed by atoms with Crippen LogP contribution in [0.4, 0.5) is 0 Å². The second kappa shape index (κ2) is 6.27. The quantitative estimate of drug-likeness (QED) is 0.697. The van der Waals surface area contributed by atoms with Gasteiger partial charge in [-0.05, 0) is 26.2 Å². The van der Waals surface area contributed by atoms with E-state index < -0.39 is 0 Å². The molecule has 1 aromatic rings. The van der Waals surface area contributed by atoms with Gasteiger partial charge in [-0.15, -0.1) is 0 Å². The van der Waals surface area contributed by atoms with Gasteiger partial charge in [0.05, 0.1) is 11.3 Å². The maximum Gasteiger partial charge on any atom is 0.254 e. The summed E-state index contributed by atoms with van der Waals surface area (Å²) >= 11 is 0. The van der Waals surface area contributed by atoms with Crippen LogP contribution in [0.5, 0.6) is 0 Å². The normalized spacial score (nSPS) is 10.4. The molecule has 1 heterocycles. The maximum absolute atomic E-state index is 11.7. The van der Waals surface area contributed by atoms with Crippen molar-refractivity contribution >= 4 is 5.91 Å². The number of aliphatic hydroxyl groups is 1. The van der Waals surface area contributed by atoms with Gasteiger partial charge in [0.25, 0.3) is 5.91 Å². The molecule has 0 saturated carbocycles. The molecule has 0 saturated heterocycles. The van der Waals surface area contributed by atoms with Crippen LogP contribution in [0.3, 0.4) is 0 Å². The van der Waals surface area contributed by atoms with Crippen molar-refractivity contribution in [2.45, 2.75) is 26.2 Å². The zero-order valence-electron chi connectivity index (χ0n) is 9.86. The monoisotopic (exact) mass is 225 g/mol. The van der Waals surface area contributed by atoms with Crippen molar-refractivity contribution in [3.63, 3.8) is 0 Å². The fourth-order valence-electron chi connectivity index (χ4n) is 1.53. The smallest absolute Gasteiger partial charge is 0.254 e. The minimum absolute atomic E-state index is 0.0744. The summed E-state index contributed by atoms with van der Waals surface area (Å²) in [5, 5.41) is 15.5. The lowest BCUT2D eigenvalue weighted by Crippen LogP contribution is -2.24. The minimum atomic E-state index is -0.0744. The molecule has 0 fully saturated rings. The van der Waals surface area contributed by atoms with Crippen LogP contribution in [0.2, 0.25) is 0 Å². The van der Waals surface area contributed by atoms with Gasteiger partial charge in [0.15, 0.2) is 0 Å². The van der Waals surface area contributed by atoms with Crippen LogP contribution in [0.15, 0.2) is 6.20 Å². The van der Waals surface area contributed by atoms with Crippen molar-refractivity contribution in [2.24, 2.45) is 7.05 Å². The van der Waals surface area contributed by atoms with E-state index in [0.717, 1.165) is 25.0 Å². The highest BCUT2D eigenvalue weighted by Crippen LogP contribution is 2.04. The number of nitrogens with zero attached hydrogens (tertiary/aromatic N) is 2. The van der Waals surface area contributed by atoms with E-state index in [-0.39, 0.29) is 12.5 Å². The van der Waals surface area contributed by atoms with Crippen LogP contribution < -0.4 is 5.32 Å². The molecule has 0 aromatic carbocycles. The summed E-state index contributed by atoms with van der Waals surface area (Å²) in [5.41, 5.74) is 1.38. The molecule has 0 unspecified atom stereocenters. The van der Waals surface area contributed by atoms with Crippen LogP contribution in [0.25, 0.3) is 0 Å². The lowest BCUT2D eigenvalue weighted by atomic mass is 10.2. The fraction of sp³-hybridized carbons (Fsp3) is 0.636. The summed E-state index contributed by atoms with van der Waals surface area (Å²) in [6, 6.07) is 0. The van der Waals surface area contributed by atoms with Crippen molar-refractivity contribution in [1.29, 1.82) is 0 Å². The first-order valence-electron chi connectivity index (χ1n) is 5.54. The van der Waals surface area contributed by atoms with Crippen molar-refractivity contribution in [3.05, 3.63) is 17.5 Å². The van der Waals surface area contributed by atoms with Gasteiger partial charge in [0.2, 0.25) is 0 Å². The Hall–Kier alpha value is -1.36. The van der Waals surface area contributed by atoms with Gasteiger partial charge in [0, 0.05) is 26.4 Å². The fourth-order valence-corrected chi connectivity index (χ4v) is 1.53. The van der Waals surface area contributed by atoms with E-state index in [1.54, 1.807) is 17.9 Å². The lowest BCUT2D eigenvalue weighted by molar-refractivity contribution is 0.0952. The van der Waals surface area contributed by atoms with E-state index in [1.807, 2.05) is 6.92 Å². The molecule has 16 heavy (non-hydrogen) atoms. The Morgan fingerprint density at radius 1 is 1.50 bits per heavy atom. The molecule has 5 nitrogen and oxygen atoms in total. The summed E-state index contributed by atoms with van der Waals surface area (Å²) in [6.07, 6.45) is 4.34. The Kier molecular flexibility index (Phi) is 4.98. The number of aromatic nitrogens is 2. The van der Waals surface area contributed by atoms with Crippen molar-refractivity contribution in [3.8, 4) is 0 Å². The topological polar surface area (TPSA) is 67.2 Å². The number of unbranched alkanes of at least 4 members (excludes halogenated alkanes) is 2. The number of hydrogen-bond acceptors (Lipinski definition) is 3. The van der Waals surface area contributed by atoms with Gasteiger partial charge in [-0.3, -0.25) is 9.48 Å². The summed E-state index contributed by atoms with van der Waals surface area (Å²) in [7, 11) is 1.80. The Bertz CT molecular complexity index is 347. The third-order valence-corrected chi connectivity index (χ3v) is 2.38. The van der Waals surface area contributed by atoms with E-state index in [1.165, 1.54) is 0 Å². The highest BCUT2D eigenvalue weighted by molar-refractivity contribution is 5.94. The van der Waals surface area contributed by atoms with E-state index in [4.69, 9.17) is 5.11 Å². The van der Waals surface area contributed by atoms with E-state index in [0.29, 0.717) is 12.1 Å². The SMILES string of the molecule is Cc1nn(C)cc1C(=O)NCCCCCO. The zero-order chi connectivity index (χ0) is 12.0. The van der Waals surface area contributed by atoms with Crippen LogP contribution in [0.1, 0.15) is 35.3 Å². The zero-order valence-corrected chi connectivity index (χ0v) is 9.86. The number of hydrogen-bond donors (Lipinski definition) is 2. The molecular weight excluding hydrogens is 206 g/mol. The van der Waals surface area contributed by atoms with Crippen LogP contribution in [0, 0.1) is 6.92 Å². The van der Waals surface area contributed by atoms with Crippen molar-refractivity contribution in [2.75, 3.05) is 13.2 Å². The molecular formula is C11H19N3O2. The number of nitrogens with one attached hydrogen (secondary N) is 1. The van der Waals surface area contributed by atoms with Crippen molar-refractivity contribution in [1.82, 2.24) is 15.1 Å². The molecule has 0 radical (unpaired) electrons. The first kappa shape index (κ1) is 12.7. The first-order valence-corrected chi connectivity index (χ1v) is 5.54. The summed E-state index contributed by atoms with van der Waals surface area (Å²) < 4.78 is 1.63. The Morgan fingerprint density at radius 3 is 2.81 bits per heavy atom. The summed E-state index contributed by atoms with van der Waals surface area (Å²) in [6.45, 7) is 2.68. The third kappa shape index (κ3) is 3.66. The summed E-state index contributed by atoms with van der Waals surface area (Å²) in [5.74, 6) is -0.0744. The van der Waals surface area contributed by atoms with Gasteiger partial charge in [-0.1, -0.05) is 0 Å². The number of aliphatic hydroxyl groups excluding tert-OH is 1. The predicted octanol–water partition coefficient (Wildman–Crippen LogP) is 0.621.